The molecule has 0 radical (unpaired) electrons. The van der Waals surface area contributed by atoms with E-state index in [2.05, 4.69) is 0 Å². The highest BCUT2D eigenvalue weighted by atomic mass is 16.3. The maximum atomic E-state index is 9.72. The Hall–Kier alpha value is -0.0400. The Balaban J connectivity index is 1.94. The van der Waals surface area contributed by atoms with Gasteiger partial charge in [-0.05, 0) is 37.5 Å². The maximum Gasteiger partial charge on any atom is 0.0607 e. The summed E-state index contributed by atoms with van der Waals surface area (Å²) in [6.07, 6.45) is 9.51. The predicted molar refractivity (Wildman–Crippen MR) is 43.2 cm³/mol. The molecule has 62 valence electrons. The van der Waals surface area contributed by atoms with Crippen molar-refractivity contribution in [1.82, 2.24) is 0 Å². The van der Waals surface area contributed by atoms with Gasteiger partial charge >= 0.3 is 0 Å². The third kappa shape index (κ3) is 0.488. The quantitative estimate of drug-likeness (QED) is 0.563. The van der Waals surface area contributed by atoms with Gasteiger partial charge in [-0.3, -0.25) is 0 Å². The first-order valence-electron chi connectivity index (χ1n) is 4.97. The maximum absolute atomic E-state index is 9.72. The molecule has 3 aliphatic carbocycles. The Bertz CT molecular complexity index is 197. The van der Waals surface area contributed by atoms with E-state index in [0.717, 1.165) is 6.42 Å². The lowest BCUT2D eigenvalue weighted by molar-refractivity contribution is -0.282. The Morgan fingerprint density at radius 2 is 1.82 bits per heavy atom. The second-order valence-electron chi connectivity index (χ2n) is 4.86. The van der Waals surface area contributed by atoms with Gasteiger partial charge in [0.05, 0.1) is 6.10 Å². The molecule has 3 aliphatic rings. The van der Waals surface area contributed by atoms with Gasteiger partial charge in [0.25, 0.3) is 0 Å². The fraction of sp³-hybridized carbons (Fsp3) is 1.00. The van der Waals surface area contributed by atoms with Crippen LogP contribution in [0.4, 0.5) is 0 Å². The van der Waals surface area contributed by atoms with Crippen molar-refractivity contribution in [2.45, 2.75) is 51.0 Å². The Morgan fingerprint density at radius 3 is 2.27 bits per heavy atom. The molecule has 3 saturated carbocycles. The molecular weight excluding hydrogens is 136 g/mol. The van der Waals surface area contributed by atoms with Gasteiger partial charge in [0.1, 0.15) is 0 Å². The van der Waals surface area contributed by atoms with Crippen molar-refractivity contribution in [3.8, 4) is 0 Å². The van der Waals surface area contributed by atoms with E-state index in [-0.39, 0.29) is 6.10 Å². The zero-order valence-electron chi connectivity index (χ0n) is 6.97. The first-order chi connectivity index (χ1) is 5.29. The van der Waals surface area contributed by atoms with Gasteiger partial charge in [-0.25, -0.2) is 0 Å². The van der Waals surface area contributed by atoms with Crippen molar-refractivity contribution in [2.75, 3.05) is 0 Å². The first-order valence-corrected chi connectivity index (χ1v) is 4.97. The summed E-state index contributed by atoms with van der Waals surface area (Å²) in [4.78, 5) is 0. The van der Waals surface area contributed by atoms with Gasteiger partial charge in [-0.2, -0.15) is 0 Å². The molecule has 0 aliphatic heterocycles. The van der Waals surface area contributed by atoms with Crippen LogP contribution in [-0.4, -0.2) is 11.2 Å². The van der Waals surface area contributed by atoms with E-state index in [4.69, 9.17) is 0 Å². The SMILES string of the molecule is OC1CC23CCCCC12CC3. The van der Waals surface area contributed by atoms with Crippen LogP contribution in [0.25, 0.3) is 0 Å². The van der Waals surface area contributed by atoms with Crippen LogP contribution in [0.3, 0.4) is 0 Å². The van der Waals surface area contributed by atoms with Crippen LogP contribution in [0.5, 0.6) is 0 Å². The lowest BCUT2D eigenvalue weighted by atomic mass is 9.32. The summed E-state index contributed by atoms with van der Waals surface area (Å²) in [7, 11) is 0. The topological polar surface area (TPSA) is 20.2 Å². The highest BCUT2D eigenvalue weighted by Gasteiger charge is 2.70. The monoisotopic (exact) mass is 152 g/mol. The van der Waals surface area contributed by atoms with E-state index < -0.39 is 0 Å². The van der Waals surface area contributed by atoms with Crippen LogP contribution in [0, 0.1) is 10.8 Å². The summed E-state index contributed by atoms with van der Waals surface area (Å²) in [5.41, 5.74) is 1.11. The van der Waals surface area contributed by atoms with Gasteiger partial charge in [0.2, 0.25) is 0 Å². The van der Waals surface area contributed by atoms with Gasteiger partial charge in [0, 0.05) is 5.41 Å². The summed E-state index contributed by atoms with van der Waals surface area (Å²) in [6.45, 7) is 0. The van der Waals surface area contributed by atoms with E-state index in [1.165, 1.54) is 38.5 Å². The van der Waals surface area contributed by atoms with Crippen molar-refractivity contribution in [2.24, 2.45) is 10.8 Å². The standard InChI is InChI=1S/C10H16O/c11-8-7-9-3-1-2-4-10(8,9)6-5-9/h8,11H,1-7H2. The summed E-state index contributed by atoms with van der Waals surface area (Å²) in [6, 6.07) is 0. The van der Waals surface area contributed by atoms with E-state index in [1.807, 2.05) is 0 Å². The molecule has 0 amide bonds. The molecule has 0 aromatic carbocycles. The molecule has 0 saturated heterocycles. The molecule has 3 unspecified atom stereocenters. The molecule has 11 heavy (non-hydrogen) atoms. The van der Waals surface area contributed by atoms with Crippen molar-refractivity contribution < 1.29 is 5.11 Å². The minimum Gasteiger partial charge on any atom is -0.393 e. The summed E-state index contributed by atoms with van der Waals surface area (Å²) >= 11 is 0. The molecule has 0 spiro atoms. The third-order valence-electron chi connectivity index (χ3n) is 4.86. The largest absolute Gasteiger partial charge is 0.393 e. The van der Waals surface area contributed by atoms with E-state index in [0.29, 0.717) is 10.8 Å². The smallest absolute Gasteiger partial charge is 0.0607 e. The van der Waals surface area contributed by atoms with Gasteiger partial charge in [-0.1, -0.05) is 12.8 Å². The number of hydrogen-bond acceptors (Lipinski definition) is 1. The summed E-state index contributed by atoms with van der Waals surface area (Å²) < 4.78 is 0. The summed E-state index contributed by atoms with van der Waals surface area (Å²) in [5, 5.41) is 9.72. The van der Waals surface area contributed by atoms with Crippen LogP contribution >= 0.6 is 0 Å². The van der Waals surface area contributed by atoms with Crippen molar-refractivity contribution in [3.05, 3.63) is 0 Å². The zero-order chi connectivity index (χ0) is 7.53. The predicted octanol–water partition coefficient (Wildman–Crippen LogP) is 2.09. The second kappa shape index (κ2) is 1.66. The fourth-order valence-electron chi connectivity index (χ4n) is 4.00. The highest BCUT2D eigenvalue weighted by molar-refractivity contribution is 5.20. The third-order valence-corrected chi connectivity index (χ3v) is 4.86. The van der Waals surface area contributed by atoms with Gasteiger partial charge in [-0.15, -0.1) is 0 Å². The Kier molecular flexibility index (Phi) is 0.976. The van der Waals surface area contributed by atoms with Crippen molar-refractivity contribution in [1.29, 1.82) is 0 Å². The fourth-order valence-corrected chi connectivity index (χ4v) is 4.00. The minimum absolute atomic E-state index is 0.0801. The Morgan fingerprint density at radius 1 is 1.00 bits per heavy atom. The number of aliphatic hydroxyl groups excluding tert-OH is 1. The number of hydrogen-bond donors (Lipinski definition) is 1. The normalized spacial score (nSPS) is 60.3. The summed E-state index contributed by atoms with van der Waals surface area (Å²) in [5.74, 6) is 0. The Labute approximate surface area is 67.8 Å². The van der Waals surface area contributed by atoms with Crippen LogP contribution < -0.4 is 0 Å². The molecule has 3 rings (SSSR count). The second-order valence-corrected chi connectivity index (χ2v) is 4.86. The van der Waals surface area contributed by atoms with E-state index >= 15 is 0 Å². The number of rotatable bonds is 0. The average molecular weight is 152 g/mol. The lowest BCUT2D eigenvalue weighted by Crippen LogP contribution is -2.69. The average Bonchev–Trinajstić information content (AvgIpc) is 1.95. The van der Waals surface area contributed by atoms with Crippen LogP contribution in [0.2, 0.25) is 0 Å². The molecule has 3 fully saturated rings. The number of aliphatic hydroxyl groups is 1. The van der Waals surface area contributed by atoms with Crippen molar-refractivity contribution >= 4 is 0 Å². The van der Waals surface area contributed by atoms with E-state index in [9.17, 15) is 5.11 Å². The van der Waals surface area contributed by atoms with Crippen LogP contribution in [0.15, 0.2) is 0 Å². The molecule has 0 bridgehead atoms. The van der Waals surface area contributed by atoms with E-state index in [1.54, 1.807) is 0 Å². The molecule has 0 heterocycles. The molecular formula is C10H16O. The zero-order valence-corrected chi connectivity index (χ0v) is 6.97. The molecule has 3 atom stereocenters. The van der Waals surface area contributed by atoms with Crippen LogP contribution in [-0.2, 0) is 0 Å². The van der Waals surface area contributed by atoms with Gasteiger partial charge in [0.15, 0.2) is 0 Å². The van der Waals surface area contributed by atoms with Crippen LogP contribution in [0.1, 0.15) is 44.9 Å². The molecule has 1 heteroatoms. The van der Waals surface area contributed by atoms with Gasteiger partial charge < -0.3 is 5.11 Å². The molecule has 0 aromatic rings. The first kappa shape index (κ1) is 6.47. The van der Waals surface area contributed by atoms with Crippen molar-refractivity contribution in [3.63, 3.8) is 0 Å². The minimum atomic E-state index is 0.0801. The highest BCUT2D eigenvalue weighted by Crippen LogP contribution is 2.75. The molecule has 1 nitrogen and oxygen atoms in total. The lowest BCUT2D eigenvalue weighted by Gasteiger charge is -2.73. The molecule has 0 aromatic heterocycles. The molecule has 1 N–H and O–H groups in total.